The van der Waals surface area contributed by atoms with E-state index >= 15 is 0 Å². The van der Waals surface area contributed by atoms with Gasteiger partial charge in [0.15, 0.2) is 0 Å². The maximum atomic E-state index is 5.34. The Kier molecular flexibility index (Phi) is 4.55. The van der Waals surface area contributed by atoms with Crippen LogP contribution >= 0.6 is 0 Å². The van der Waals surface area contributed by atoms with Crippen LogP contribution in [0.3, 0.4) is 0 Å². The molecule has 0 N–H and O–H groups in total. The quantitative estimate of drug-likeness (QED) is 0.577. The Labute approximate surface area is 69.5 Å². The molecule has 1 aliphatic heterocycles. The van der Waals surface area contributed by atoms with Gasteiger partial charge in [-0.25, -0.2) is 0 Å². The first kappa shape index (κ1) is 9.01. The van der Waals surface area contributed by atoms with E-state index in [0.29, 0.717) is 0 Å². The van der Waals surface area contributed by atoms with Crippen molar-refractivity contribution in [3.63, 3.8) is 0 Å². The van der Waals surface area contributed by atoms with Gasteiger partial charge in [0, 0.05) is 19.7 Å². The number of rotatable bonds is 4. The van der Waals surface area contributed by atoms with Crippen LogP contribution in [0.1, 0.15) is 32.6 Å². The molecule has 1 saturated heterocycles. The summed E-state index contributed by atoms with van der Waals surface area (Å²) in [6, 6.07) is 0. The highest BCUT2D eigenvalue weighted by Crippen LogP contribution is 2.03. The summed E-state index contributed by atoms with van der Waals surface area (Å²) in [7, 11) is 0. The third-order valence-corrected chi connectivity index (χ3v) is 2.11. The fourth-order valence-electron chi connectivity index (χ4n) is 1.41. The van der Waals surface area contributed by atoms with E-state index in [0.717, 1.165) is 13.3 Å². The van der Waals surface area contributed by atoms with Crippen LogP contribution in [0.25, 0.3) is 0 Å². The molecule has 0 unspecified atom stereocenters. The van der Waals surface area contributed by atoms with Crippen molar-refractivity contribution in [2.24, 2.45) is 0 Å². The minimum absolute atomic E-state index is 0.865. The lowest BCUT2D eigenvalue weighted by atomic mass is 10.2. The number of ether oxygens (including phenoxy) is 1. The molecule has 0 spiro atoms. The second-order valence-electron chi connectivity index (χ2n) is 3.22. The molecule has 0 aromatic carbocycles. The summed E-state index contributed by atoms with van der Waals surface area (Å²) >= 11 is 0. The average molecular weight is 157 g/mol. The Hall–Kier alpha value is -0.0800. The van der Waals surface area contributed by atoms with Gasteiger partial charge in [0.25, 0.3) is 0 Å². The van der Waals surface area contributed by atoms with Gasteiger partial charge >= 0.3 is 0 Å². The number of hydrogen-bond acceptors (Lipinski definition) is 2. The minimum Gasteiger partial charge on any atom is -0.366 e. The van der Waals surface area contributed by atoms with Crippen LogP contribution in [0, 0.1) is 0 Å². The molecule has 0 radical (unpaired) electrons. The van der Waals surface area contributed by atoms with Crippen LogP contribution in [0.4, 0.5) is 0 Å². The van der Waals surface area contributed by atoms with Gasteiger partial charge in [-0.05, 0) is 12.8 Å². The first-order valence-corrected chi connectivity index (χ1v) is 4.73. The van der Waals surface area contributed by atoms with E-state index in [1.807, 2.05) is 0 Å². The van der Waals surface area contributed by atoms with Crippen molar-refractivity contribution in [1.29, 1.82) is 0 Å². The molecule has 0 amide bonds. The highest BCUT2D eigenvalue weighted by atomic mass is 16.5. The van der Waals surface area contributed by atoms with Gasteiger partial charge < -0.3 is 4.74 Å². The summed E-state index contributed by atoms with van der Waals surface area (Å²) in [4.78, 5) is 2.40. The molecule has 66 valence electrons. The summed E-state index contributed by atoms with van der Waals surface area (Å²) in [5, 5.41) is 0. The zero-order chi connectivity index (χ0) is 7.94. The molecule has 0 aliphatic carbocycles. The fraction of sp³-hybridized carbons (Fsp3) is 1.00. The second kappa shape index (κ2) is 5.56. The summed E-state index contributed by atoms with van der Waals surface area (Å²) in [5.41, 5.74) is 0. The highest BCUT2D eigenvalue weighted by Gasteiger charge is 2.08. The topological polar surface area (TPSA) is 12.5 Å². The van der Waals surface area contributed by atoms with Gasteiger partial charge in [0.1, 0.15) is 0 Å². The molecule has 1 fully saturated rings. The zero-order valence-electron chi connectivity index (χ0n) is 7.51. The summed E-state index contributed by atoms with van der Waals surface area (Å²) in [6.45, 7) is 6.54. The van der Waals surface area contributed by atoms with Gasteiger partial charge in [-0.1, -0.05) is 19.8 Å². The third kappa shape index (κ3) is 3.73. The summed E-state index contributed by atoms with van der Waals surface area (Å²) in [6.07, 6.45) is 5.22. The molecule has 0 aromatic heterocycles. The Morgan fingerprint density at radius 1 is 1.36 bits per heavy atom. The monoisotopic (exact) mass is 157 g/mol. The van der Waals surface area contributed by atoms with Crippen molar-refractivity contribution in [2.75, 3.05) is 26.4 Å². The van der Waals surface area contributed by atoms with E-state index in [1.165, 1.54) is 38.8 Å². The van der Waals surface area contributed by atoms with Gasteiger partial charge in [-0.15, -0.1) is 0 Å². The standard InChI is InChI=1S/C9H19NO/c1-2-3-4-6-10-7-5-8-11-9-10/h2-9H2,1H3. The Morgan fingerprint density at radius 3 is 2.91 bits per heavy atom. The largest absolute Gasteiger partial charge is 0.366 e. The molecule has 0 aromatic rings. The summed E-state index contributed by atoms with van der Waals surface area (Å²) in [5.74, 6) is 0. The lowest BCUT2D eigenvalue weighted by Crippen LogP contribution is -2.33. The predicted molar refractivity (Wildman–Crippen MR) is 46.5 cm³/mol. The van der Waals surface area contributed by atoms with Crippen LogP contribution in [-0.2, 0) is 4.74 Å². The van der Waals surface area contributed by atoms with Crippen LogP contribution in [0.15, 0.2) is 0 Å². The molecular weight excluding hydrogens is 138 g/mol. The molecule has 2 heteroatoms. The van der Waals surface area contributed by atoms with E-state index in [4.69, 9.17) is 4.74 Å². The average Bonchev–Trinajstić information content (AvgIpc) is 2.07. The lowest BCUT2D eigenvalue weighted by Gasteiger charge is -2.26. The zero-order valence-corrected chi connectivity index (χ0v) is 7.51. The SMILES string of the molecule is CCCCCN1CCCOC1. The molecule has 0 atom stereocenters. The maximum Gasteiger partial charge on any atom is 0.0990 e. The smallest absolute Gasteiger partial charge is 0.0990 e. The van der Waals surface area contributed by atoms with Crippen LogP contribution in [-0.4, -0.2) is 31.3 Å². The van der Waals surface area contributed by atoms with Crippen molar-refractivity contribution in [3.05, 3.63) is 0 Å². The van der Waals surface area contributed by atoms with E-state index in [1.54, 1.807) is 0 Å². The van der Waals surface area contributed by atoms with E-state index in [2.05, 4.69) is 11.8 Å². The fourth-order valence-corrected chi connectivity index (χ4v) is 1.41. The van der Waals surface area contributed by atoms with Gasteiger partial charge in [0.2, 0.25) is 0 Å². The van der Waals surface area contributed by atoms with Gasteiger partial charge in [-0.3, -0.25) is 4.90 Å². The van der Waals surface area contributed by atoms with E-state index in [9.17, 15) is 0 Å². The van der Waals surface area contributed by atoms with Crippen LogP contribution in [0.5, 0.6) is 0 Å². The number of hydrogen-bond donors (Lipinski definition) is 0. The molecule has 0 bridgehead atoms. The van der Waals surface area contributed by atoms with Crippen LogP contribution < -0.4 is 0 Å². The molecular formula is C9H19NO. The maximum absolute atomic E-state index is 5.34. The van der Waals surface area contributed by atoms with E-state index in [-0.39, 0.29) is 0 Å². The Balaban J connectivity index is 1.96. The van der Waals surface area contributed by atoms with Gasteiger partial charge in [-0.2, -0.15) is 0 Å². The Bertz CT molecular complexity index is 89.6. The highest BCUT2D eigenvalue weighted by molar-refractivity contribution is 4.57. The molecule has 2 nitrogen and oxygen atoms in total. The van der Waals surface area contributed by atoms with Gasteiger partial charge in [0.05, 0.1) is 6.73 Å². The second-order valence-corrected chi connectivity index (χ2v) is 3.22. The Morgan fingerprint density at radius 2 is 2.27 bits per heavy atom. The van der Waals surface area contributed by atoms with Crippen molar-refractivity contribution in [3.8, 4) is 0 Å². The van der Waals surface area contributed by atoms with Crippen molar-refractivity contribution >= 4 is 0 Å². The number of nitrogens with zero attached hydrogens (tertiary/aromatic N) is 1. The van der Waals surface area contributed by atoms with E-state index < -0.39 is 0 Å². The molecule has 1 aliphatic rings. The summed E-state index contributed by atoms with van der Waals surface area (Å²) < 4.78 is 5.34. The predicted octanol–water partition coefficient (Wildman–Crippen LogP) is 1.86. The molecule has 1 rings (SSSR count). The van der Waals surface area contributed by atoms with Crippen molar-refractivity contribution in [1.82, 2.24) is 4.90 Å². The lowest BCUT2D eigenvalue weighted by molar-refractivity contribution is -0.0138. The molecule has 11 heavy (non-hydrogen) atoms. The number of unbranched alkanes of at least 4 members (excludes halogenated alkanes) is 2. The first-order chi connectivity index (χ1) is 5.43. The molecule has 1 heterocycles. The van der Waals surface area contributed by atoms with Crippen LogP contribution in [0.2, 0.25) is 0 Å². The molecule has 0 saturated carbocycles. The van der Waals surface area contributed by atoms with Crippen molar-refractivity contribution in [2.45, 2.75) is 32.6 Å². The minimum atomic E-state index is 0.865. The van der Waals surface area contributed by atoms with Crippen molar-refractivity contribution < 1.29 is 4.74 Å². The third-order valence-electron chi connectivity index (χ3n) is 2.11. The first-order valence-electron chi connectivity index (χ1n) is 4.73. The normalized spacial score (nSPS) is 20.5.